The maximum absolute atomic E-state index is 13.0. The second-order valence-corrected chi connectivity index (χ2v) is 4.55. The monoisotopic (exact) mass is 271 g/mol. The molecule has 0 fully saturated rings. The Hall–Kier alpha value is -1.50. The summed E-state index contributed by atoms with van der Waals surface area (Å²) in [5, 5.41) is 14.4. The van der Waals surface area contributed by atoms with Gasteiger partial charge in [-0.1, -0.05) is 11.6 Å². The zero-order valence-corrected chi connectivity index (χ0v) is 10.5. The molecule has 1 aromatic rings. The maximum atomic E-state index is 13.0. The molecule has 2 rings (SSSR count). The average Bonchev–Trinajstić information content (AvgIpc) is 2.55. The summed E-state index contributed by atoms with van der Waals surface area (Å²) in [6, 6.07) is 3.75. The number of hydrazone groups is 1. The Bertz CT molecular complexity index is 549. The van der Waals surface area contributed by atoms with Gasteiger partial charge >= 0.3 is 0 Å². The van der Waals surface area contributed by atoms with Crippen LogP contribution in [0.5, 0.6) is 0 Å². The van der Waals surface area contributed by atoms with Crippen molar-refractivity contribution < 1.29 is 14.4 Å². The number of hydroxylamine groups is 1. The van der Waals surface area contributed by atoms with Crippen molar-refractivity contribution in [3.05, 3.63) is 34.6 Å². The Kier molecular flexibility index (Phi) is 3.10. The molecule has 0 aromatic heterocycles. The van der Waals surface area contributed by atoms with E-state index in [-0.39, 0.29) is 10.7 Å². The molecule has 2 N–H and O–H groups in total. The number of carbonyl (C=O) groups excluding carboxylic acids is 1. The van der Waals surface area contributed by atoms with Gasteiger partial charge in [0.25, 0.3) is 5.91 Å². The Morgan fingerprint density at radius 2 is 2.22 bits per heavy atom. The van der Waals surface area contributed by atoms with Crippen LogP contribution in [0.4, 0.5) is 4.39 Å². The number of rotatable bonds is 2. The van der Waals surface area contributed by atoms with Crippen LogP contribution in [0, 0.1) is 5.82 Å². The number of benzene rings is 1. The molecule has 0 bridgehead atoms. The van der Waals surface area contributed by atoms with Gasteiger partial charge in [-0.25, -0.2) is 9.40 Å². The summed E-state index contributed by atoms with van der Waals surface area (Å²) in [5.41, 5.74) is 1.17. The minimum Gasteiger partial charge on any atom is -0.315 e. The van der Waals surface area contributed by atoms with Crippen LogP contribution in [0.25, 0.3) is 0 Å². The molecule has 1 amide bonds. The van der Waals surface area contributed by atoms with Gasteiger partial charge in [0.1, 0.15) is 11.5 Å². The lowest BCUT2D eigenvalue weighted by molar-refractivity contribution is -0.134. The van der Waals surface area contributed by atoms with Gasteiger partial charge in [-0.15, -0.1) is 0 Å². The normalized spacial score (nSPS) is 23.5. The molecule has 0 spiro atoms. The van der Waals surface area contributed by atoms with Crippen molar-refractivity contribution >= 4 is 23.2 Å². The van der Waals surface area contributed by atoms with E-state index < -0.39 is 17.3 Å². The number of carbonyl (C=O) groups is 1. The molecular weight excluding hydrogens is 261 g/mol. The molecule has 1 aromatic carbocycles. The number of hydrogen-bond donors (Lipinski definition) is 2. The third-order valence-electron chi connectivity index (χ3n) is 2.86. The SMILES string of the molecule is CN1N=C(c2ccc(F)cc2Cl)C(C)(NO)C1=O. The van der Waals surface area contributed by atoms with E-state index in [4.69, 9.17) is 11.6 Å². The Labute approximate surface area is 108 Å². The standard InChI is InChI=1S/C11H11ClFN3O2/c1-11(15-18)9(14-16(2)10(11)17)7-4-3-6(13)5-8(7)12/h3-5,15,18H,1-2H3. The predicted molar refractivity (Wildman–Crippen MR) is 64.0 cm³/mol. The number of nitrogens with zero attached hydrogens (tertiary/aromatic N) is 2. The topological polar surface area (TPSA) is 64.9 Å². The van der Waals surface area contributed by atoms with E-state index in [9.17, 15) is 14.4 Å². The summed E-state index contributed by atoms with van der Waals surface area (Å²) in [5.74, 6) is -0.916. The largest absolute Gasteiger partial charge is 0.315 e. The second-order valence-electron chi connectivity index (χ2n) is 4.14. The zero-order chi connectivity index (χ0) is 13.5. The van der Waals surface area contributed by atoms with Crippen LogP contribution >= 0.6 is 11.6 Å². The summed E-state index contributed by atoms with van der Waals surface area (Å²) in [7, 11) is 1.46. The highest BCUT2D eigenvalue weighted by Gasteiger charge is 2.47. The predicted octanol–water partition coefficient (Wildman–Crippen LogP) is 1.39. The van der Waals surface area contributed by atoms with E-state index in [0.29, 0.717) is 5.56 Å². The lowest BCUT2D eigenvalue weighted by atomic mass is 9.91. The van der Waals surface area contributed by atoms with Gasteiger partial charge < -0.3 is 5.21 Å². The minimum absolute atomic E-state index is 0.123. The third-order valence-corrected chi connectivity index (χ3v) is 3.17. The Morgan fingerprint density at radius 1 is 1.56 bits per heavy atom. The number of hydrogen-bond acceptors (Lipinski definition) is 4. The first kappa shape index (κ1) is 12.9. The van der Waals surface area contributed by atoms with Crippen molar-refractivity contribution in [2.75, 3.05) is 7.05 Å². The Balaban J connectivity index is 2.56. The molecular formula is C11H11ClFN3O2. The van der Waals surface area contributed by atoms with Gasteiger partial charge in [-0.05, 0) is 25.1 Å². The van der Waals surface area contributed by atoms with Crippen LogP contribution in [0.1, 0.15) is 12.5 Å². The summed E-state index contributed by atoms with van der Waals surface area (Å²) in [6.45, 7) is 1.47. The molecule has 0 saturated carbocycles. The molecule has 1 aliphatic rings. The number of likely N-dealkylation sites (N-methyl/N-ethyl adjacent to an activating group) is 1. The molecule has 18 heavy (non-hydrogen) atoms. The molecule has 0 radical (unpaired) electrons. The van der Waals surface area contributed by atoms with E-state index in [0.717, 1.165) is 11.1 Å². The summed E-state index contributed by atoms with van der Waals surface area (Å²) < 4.78 is 13.0. The van der Waals surface area contributed by atoms with Gasteiger partial charge in [0.2, 0.25) is 0 Å². The highest BCUT2D eigenvalue weighted by molar-refractivity contribution is 6.36. The minimum atomic E-state index is -1.39. The quantitative estimate of drug-likeness (QED) is 0.799. The van der Waals surface area contributed by atoms with Gasteiger partial charge in [0.15, 0.2) is 5.54 Å². The van der Waals surface area contributed by atoms with Crippen LogP contribution < -0.4 is 5.48 Å². The Morgan fingerprint density at radius 3 is 2.78 bits per heavy atom. The van der Waals surface area contributed by atoms with Crippen LogP contribution in [0.2, 0.25) is 5.02 Å². The molecule has 5 nitrogen and oxygen atoms in total. The lowest BCUT2D eigenvalue weighted by Crippen LogP contribution is -2.53. The van der Waals surface area contributed by atoms with E-state index in [2.05, 4.69) is 5.10 Å². The first-order valence-corrected chi connectivity index (χ1v) is 5.52. The van der Waals surface area contributed by atoms with Crippen LogP contribution in [0.3, 0.4) is 0 Å². The van der Waals surface area contributed by atoms with E-state index in [1.54, 1.807) is 0 Å². The third kappa shape index (κ3) is 1.78. The van der Waals surface area contributed by atoms with Gasteiger partial charge in [0, 0.05) is 12.6 Å². The van der Waals surface area contributed by atoms with Gasteiger partial charge in [-0.2, -0.15) is 10.6 Å². The molecule has 1 aliphatic heterocycles. The van der Waals surface area contributed by atoms with Crippen molar-refractivity contribution in [1.29, 1.82) is 0 Å². The average molecular weight is 272 g/mol. The zero-order valence-electron chi connectivity index (χ0n) is 9.74. The van der Waals surface area contributed by atoms with Crippen molar-refractivity contribution in [2.45, 2.75) is 12.5 Å². The fourth-order valence-electron chi connectivity index (χ4n) is 1.83. The number of halogens is 2. The van der Waals surface area contributed by atoms with Crippen molar-refractivity contribution in [3.8, 4) is 0 Å². The number of nitrogens with one attached hydrogen (secondary N) is 1. The van der Waals surface area contributed by atoms with E-state index in [1.807, 2.05) is 5.48 Å². The molecule has 7 heteroatoms. The fourth-order valence-corrected chi connectivity index (χ4v) is 2.08. The second kappa shape index (κ2) is 4.31. The highest BCUT2D eigenvalue weighted by atomic mass is 35.5. The summed E-state index contributed by atoms with van der Waals surface area (Å²) >= 11 is 5.93. The van der Waals surface area contributed by atoms with E-state index in [1.165, 1.54) is 26.1 Å². The molecule has 1 heterocycles. The lowest BCUT2D eigenvalue weighted by Gasteiger charge is -2.22. The summed E-state index contributed by atoms with van der Waals surface area (Å²) in [6.07, 6.45) is 0. The molecule has 1 atom stereocenters. The van der Waals surface area contributed by atoms with Crippen molar-refractivity contribution in [3.63, 3.8) is 0 Å². The molecule has 96 valence electrons. The molecule has 1 unspecified atom stereocenters. The van der Waals surface area contributed by atoms with Crippen LogP contribution in [-0.2, 0) is 4.79 Å². The fraction of sp³-hybridized carbons (Fsp3) is 0.273. The molecule has 0 saturated heterocycles. The van der Waals surface area contributed by atoms with Crippen molar-refractivity contribution in [1.82, 2.24) is 10.5 Å². The van der Waals surface area contributed by atoms with Crippen LogP contribution in [-0.4, -0.2) is 34.4 Å². The van der Waals surface area contributed by atoms with Gasteiger partial charge in [-0.3, -0.25) is 4.79 Å². The van der Waals surface area contributed by atoms with E-state index >= 15 is 0 Å². The summed E-state index contributed by atoms with van der Waals surface area (Å²) in [4.78, 5) is 11.9. The first-order valence-electron chi connectivity index (χ1n) is 5.14. The van der Waals surface area contributed by atoms with Crippen LogP contribution in [0.15, 0.2) is 23.3 Å². The highest BCUT2D eigenvalue weighted by Crippen LogP contribution is 2.28. The first-order chi connectivity index (χ1) is 8.40. The smallest absolute Gasteiger partial charge is 0.270 e. The number of amides is 1. The van der Waals surface area contributed by atoms with Gasteiger partial charge in [0.05, 0.1) is 5.02 Å². The van der Waals surface area contributed by atoms with Crippen molar-refractivity contribution in [2.24, 2.45) is 5.10 Å². The maximum Gasteiger partial charge on any atom is 0.270 e. The molecule has 0 aliphatic carbocycles.